The molecule has 1 aliphatic rings. The molecule has 1 aliphatic heterocycles. The van der Waals surface area contributed by atoms with Crippen LogP contribution in [-0.4, -0.2) is 50.6 Å². The molecular weight excluding hydrogens is 462 g/mol. The molecule has 0 saturated heterocycles. The number of amides is 2. The summed E-state index contributed by atoms with van der Waals surface area (Å²) in [5.41, 5.74) is 1.78. The fraction of sp³-hybridized carbons (Fsp3) is 0.286. The average molecular weight is 479 g/mol. The second-order valence-corrected chi connectivity index (χ2v) is 7.48. The highest BCUT2D eigenvalue weighted by Crippen LogP contribution is 2.30. The molecule has 9 nitrogen and oxygen atoms in total. The van der Waals surface area contributed by atoms with Crippen LogP contribution in [0.2, 0.25) is 0 Å². The van der Waals surface area contributed by atoms with Crippen LogP contribution in [0, 0.1) is 6.92 Å². The molecule has 0 unspecified atom stereocenters. The van der Waals surface area contributed by atoms with Gasteiger partial charge in [-0.05, 0) is 24.6 Å². The fourth-order valence-corrected chi connectivity index (χ4v) is 3.32. The van der Waals surface area contributed by atoms with Crippen molar-refractivity contribution in [3.05, 3.63) is 65.1 Å². The summed E-state index contributed by atoms with van der Waals surface area (Å²) in [4.78, 5) is 38.3. The van der Waals surface area contributed by atoms with Crippen molar-refractivity contribution in [2.24, 2.45) is 0 Å². The predicted octanol–water partition coefficient (Wildman–Crippen LogP) is 3.46. The molecule has 0 atom stereocenters. The van der Waals surface area contributed by atoms with E-state index in [0.29, 0.717) is 22.3 Å². The molecule has 0 aromatic carbocycles. The maximum atomic E-state index is 13.1. The number of alkyl halides is 4. The summed E-state index contributed by atoms with van der Waals surface area (Å²) in [6.07, 6.45) is 1.20. The number of halogens is 4. The summed E-state index contributed by atoms with van der Waals surface area (Å²) in [5.74, 6) is -5.20. The molecule has 3 aromatic rings. The van der Waals surface area contributed by atoms with E-state index >= 15 is 0 Å². The summed E-state index contributed by atoms with van der Waals surface area (Å²) in [7, 11) is 0. The third kappa shape index (κ3) is 4.67. The van der Waals surface area contributed by atoms with E-state index in [4.69, 9.17) is 9.15 Å². The van der Waals surface area contributed by atoms with Crippen LogP contribution in [0.1, 0.15) is 37.6 Å². The van der Waals surface area contributed by atoms with Crippen LogP contribution < -0.4 is 10.1 Å². The van der Waals surface area contributed by atoms with E-state index in [1.807, 2.05) is 0 Å². The molecular formula is C21H17F4N5O4. The molecule has 0 fully saturated rings. The second kappa shape index (κ2) is 9.08. The molecule has 13 heteroatoms. The summed E-state index contributed by atoms with van der Waals surface area (Å²) in [6.45, 7) is 0.275. The minimum absolute atomic E-state index is 0.0178. The molecule has 0 spiro atoms. The quantitative estimate of drug-likeness (QED) is 0.493. The number of hydrogen-bond acceptors (Lipinski definition) is 7. The lowest BCUT2D eigenvalue weighted by molar-refractivity contribution is -0.148. The molecule has 34 heavy (non-hydrogen) atoms. The SMILES string of the molecule is Cc1cc(CN2Cc3c(ccnc3NC(=O)c3cnco3)C2=O)cnc1OCC(F)(F)C(F)F. The highest BCUT2D eigenvalue weighted by Gasteiger charge is 2.42. The van der Waals surface area contributed by atoms with Gasteiger partial charge >= 0.3 is 12.3 Å². The van der Waals surface area contributed by atoms with Gasteiger partial charge in [-0.15, -0.1) is 0 Å². The number of hydrogen-bond donors (Lipinski definition) is 1. The van der Waals surface area contributed by atoms with Crippen molar-refractivity contribution >= 4 is 17.6 Å². The van der Waals surface area contributed by atoms with Gasteiger partial charge in [0.05, 0.1) is 12.7 Å². The lowest BCUT2D eigenvalue weighted by Crippen LogP contribution is -2.34. The Bertz CT molecular complexity index is 1220. The van der Waals surface area contributed by atoms with Crippen molar-refractivity contribution in [2.75, 3.05) is 11.9 Å². The zero-order valence-corrected chi connectivity index (χ0v) is 17.6. The minimum Gasteiger partial charge on any atom is -0.471 e. The van der Waals surface area contributed by atoms with Crippen molar-refractivity contribution in [3.8, 4) is 5.88 Å². The van der Waals surface area contributed by atoms with Crippen LogP contribution in [-0.2, 0) is 13.1 Å². The number of anilines is 1. The second-order valence-electron chi connectivity index (χ2n) is 7.48. The van der Waals surface area contributed by atoms with Crippen molar-refractivity contribution in [1.29, 1.82) is 0 Å². The first kappa shape index (κ1) is 23.1. The molecule has 178 valence electrons. The van der Waals surface area contributed by atoms with Crippen molar-refractivity contribution in [2.45, 2.75) is 32.4 Å². The third-order valence-corrected chi connectivity index (χ3v) is 4.99. The van der Waals surface area contributed by atoms with Gasteiger partial charge in [0.25, 0.3) is 11.8 Å². The van der Waals surface area contributed by atoms with Gasteiger partial charge in [0.15, 0.2) is 13.0 Å². The largest absolute Gasteiger partial charge is 0.471 e. The molecule has 0 bridgehead atoms. The van der Waals surface area contributed by atoms with E-state index in [9.17, 15) is 27.2 Å². The predicted molar refractivity (Wildman–Crippen MR) is 108 cm³/mol. The first-order chi connectivity index (χ1) is 16.2. The lowest BCUT2D eigenvalue weighted by Gasteiger charge is -2.18. The summed E-state index contributed by atoms with van der Waals surface area (Å²) < 4.78 is 60.5. The monoisotopic (exact) mass is 479 g/mol. The number of oxazole rings is 1. The van der Waals surface area contributed by atoms with Crippen molar-refractivity contribution < 1.29 is 36.3 Å². The number of carbonyl (C=O) groups is 2. The van der Waals surface area contributed by atoms with Crippen LogP contribution in [0.4, 0.5) is 23.4 Å². The van der Waals surface area contributed by atoms with E-state index in [0.717, 1.165) is 6.39 Å². The van der Waals surface area contributed by atoms with Crippen LogP contribution in [0.15, 0.2) is 41.5 Å². The van der Waals surface area contributed by atoms with Crippen LogP contribution >= 0.6 is 0 Å². The first-order valence-corrected chi connectivity index (χ1v) is 9.87. The zero-order chi connectivity index (χ0) is 24.5. The number of ether oxygens (including phenoxy) is 1. The van der Waals surface area contributed by atoms with Crippen LogP contribution in [0.5, 0.6) is 5.88 Å². The van der Waals surface area contributed by atoms with Gasteiger partial charge in [0.2, 0.25) is 11.6 Å². The maximum absolute atomic E-state index is 13.1. The van der Waals surface area contributed by atoms with Crippen molar-refractivity contribution in [3.63, 3.8) is 0 Å². The third-order valence-electron chi connectivity index (χ3n) is 4.99. The Balaban J connectivity index is 1.45. The summed E-state index contributed by atoms with van der Waals surface area (Å²) in [5, 5.41) is 2.59. The fourth-order valence-electron chi connectivity index (χ4n) is 3.32. The van der Waals surface area contributed by atoms with Gasteiger partial charge in [-0.3, -0.25) is 9.59 Å². The van der Waals surface area contributed by atoms with Gasteiger partial charge < -0.3 is 19.4 Å². The molecule has 4 rings (SSSR count). The van der Waals surface area contributed by atoms with Gasteiger partial charge in [0.1, 0.15) is 5.82 Å². The van der Waals surface area contributed by atoms with E-state index in [-0.39, 0.29) is 36.5 Å². The van der Waals surface area contributed by atoms with Gasteiger partial charge in [-0.1, -0.05) is 0 Å². The van der Waals surface area contributed by atoms with E-state index in [2.05, 4.69) is 20.3 Å². The number of rotatable bonds is 8. The Hall–Kier alpha value is -4.03. The summed E-state index contributed by atoms with van der Waals surface area (Å²) >= 11 is 0. The van der Waals surface area contributed by atoms with Crippen LogP contribution in [0.25, 0.3) is 0 Å². The number of nitrogens with one attached hydrogen (secondary N) is 1. The van der Waals surface area contributed by atoms with Gasteiger partial charge in [-0.2, -0.15) is 8.78 Å². The Labute approximate surface area is 189 Å². The smallest absolute Gasteiger partial charge is 0.340 e. The highest BCUT2D eigenvalue weighted by atomic mass is 19.3. The first-order valence-electron chi connectivity index (χ1n) is 9.87. The van der Waals surface area contributed by atoms with Crippen molar-refractivity contribution in [1.82, 2.24) is 19.9 Å². The number of aromatic nitrogens is 3. The minimum atomic E-state index is -4.30. The normalized spacial score (nSPS) is 13.4. The van der Waals surface area contributed by atoms with Crippen LogP contribution in [0.3, 0.4) is 0 Å². The maximum Gasteiger partial charge on any atom is 0.340 e. The highest BCUT2D eigenvalue weighted by molar-refractivity contribution is 6.04. The molecule has 4 heterocycles. The molecule has 3 aromatic heterocycles. The molecule has 0 saturated carbocycles. The summed E-state index contributed by atoms with van der Waals surface area (Å²) in [6, 6.07) is 3.09. The number of fused-ring (bicyclic) bond motifs is 1. The molecule has 1 N–H and O–H groups in total. The van der Waals surface area contributed by atoms with Gasteiger partial charge in [0, 0.05) is 35.6 Å². The molecule has 2 amide bonds. The Morgan fingerprint density at radius 2 is 2.12 bits per heavy atom. The zero-order valence-electron chi connectivity index (χ0n) is 17.6. The van der Waals surface area contributed by atoms with E-state index < -0.39 is 24.9 Å². The van der Waals surface area contributed by atoms with E-state index in [1.165, 1.54) is 36.5 Å². The van der Waals surface area contributed by atoms with E-state index in [1.54, 1.807) is 6.07 Å². The number of aryl methyl sites for hydroxylation is 1. The topological polar surface area (TPSA) is 110 Å². The Kier molecular flexibility index (Phi) is 6.18. The molecule has 0 aliphatic carbocycles. The van der Waals surface area contributed by atoms with Gasteiger partial charge in [-0.25, -0.2) is 23.7 Å². The number of pyridine rings is 2. The number of nitrogens with zero attached hydrogens (tertiary/aromatic N) is 4. The molecule has 0 radical (unpaired) electrons. The standard InChI is InChI=1S/C21H17F4N5O4/c1-11-4-12(5-28-18(11)33-9-21(24,25)20(22)23)7-30-8-14-13(19(30)32)2-3-27-16(14)29-17(31)15-6-26-10-34-15/h2-6,10,20H,7-9H2,1H3,(H,27,29,31). The number of carbonyl (C=O) groups excluding carboxylic acids is 2. The Morgan fingerprint density at radius 1 is 1.32 bits per heavy atom. The lowest BCUT2D eigenvalue weighted by atomic mass is 10.1. The average Bonchev–Trinajstić information content (AvgIpc) is 3.43. The Morgan fingerprint density at radius 3 is 2.79 bits per heavy atom.